The lowest BCUT2D eigenvalue weighted by atomic mass is 9.96. The number of ether oxygens (including phenoxy) is 11. The van der Waals surface area contributed by atoms with Crippen LogP contribution in [0.15, 0.2) is 54.6 Å². The Bertz CT molecular complexity index is 3530. The lowest BCUT2D eigenvalue weighted by molar-refractivity contribution is -0.273. The van der Waals surface area contributed by atoms with Gasteiger partial charge in [-0.05, 0) is 87.0 Å². The number of para-hydroxylation sites is 1. The van der Waals surface area contributed by atoms with E-state index in [1.165, 1.54) is 46.7 Å². The van der Waals surface area contributed by atoms with Gasteiger partial charge in [-0.2, -0.15) is 12.6 Å². The molecule has 125 heavy (non-hydrogen) atoms. The Kier molecular flexibility index (Phi) is 52.2. The van der Waals surface area contributed by atoms with E-state index >= 15 is 0 Å². The fourth-order valence-corrected chi connectivity index (χ4v) is 14.7. The smallest absolute Gasteiger partial charge is 0.330 e. The molecule has 42 nitrogen and oxygen atoms in total. The van der Waals surface area contributed by atoms with Gasteiger partial charge < -0.3 is 160 Å². The summed E-state index contributed by atoms with van der Waals surface area (Å²) in [4.78, 5) is 117. The highest BCUT2D eigenvalue weighted by Crippen LogP contribution is 2.30. The standard InChI is InChI=1S/C28H48N2O14S2.C21H27NO9.C17H25NO7.C14H25NO7S/c1-3-7-17(31)29-21-25(37)23(35)15(43-27(21)39)13-41-19(33)9-5-11-45-46-12-6-10-20(34)42-14-16-24(36)26(38)22(28(40)44-16)30-18(32)8-4-2;1-3-6-16(24)22-18-20(27)19(26)15(31-21(18)28)11-29-17(25)10-9-13-7-4-5-8-14(13)30-12(2)23;1-2-3-13(21)18-14-16(23)15(22)12(8-19)25-17(14)24-9-10-4-6-11(20)7-5-10;1-2-4-9(16)15-11-13(19)12(18)8(22-14(11)20)7-21-10(17)5-3-6-23/h15-16,21-28,35-40H,3-14H2,1-2H3,(H,29,31)(H,30,32);4-5,7-10,15,18-21,26-28H,3,6,11H2,1-2H3,(H,22,24);4-7,12,14-17,19-20,22-23H,2-3,8-9H2,1H3,(H,18,21);8,11-14,18-20,23H,2-7H2,1H3,(H,15,16)/b;10-9+;;/t15-,16-,21-,22-,23-,24-,25-,26-,27?,28?;15-,18-,19-,20-,21?;12-,14-,15-,16-,17?;8-,11-,12-,13-,14?/m1111/s1. The number of phenols is 1. The van der Waals surface area contributed by atoms with Crippen LogP contribution in [0.5, 0.6) is 11.5 Å². The number of amides is 5. The Labute approximate surface area is 736 Å². The molecule has 0 aliphatic carbocycles. The average molecular weight is 1850 g/mol. The van der Waals surface area contributed by atoms with Crippen molar-refractivity contribution < 1.29 is 182 Å². The van der Waals surface area contributed by atoms with Crippen molar-refractivity contribution in [1.29, 1.82) is 0 Å². The number of carbonyl (C=O) groups excluding carboxylic acids is 10. The van der Waals surface area contributed by atoms with Gasteiger partial charge in [-0.15, -0.1) is 0 Å². The molecule has 0 saturated carbocycles. The monoisotopic (exact) mass is 1840 g/mol. The molecular weight excluding hydrogens is 1720 g/mol. The largest absolute Gasteiger partial charge is 0.508 e. The van der Waals surface area contributed by atoms with Gasteiger partial charge in [-0.3, -0.25) is 43.2 Å². The lowest BCUT2D eigenvalue weighted by Gasteiger charge is -2.42. The summed E-state index contributed by atoms with van der Waals surface area (Å²) in [5, 5.41) is 173. The van der Waals surface area contributed by atoms with Crippen molar-refractivity contribution in [3.05, 3.63) is 65.7 Å². The van der Waals surface area contributed by atoms with Crippen LogP contribution in [0.3, 0.4) is 0 Å². The number of aromatic hydroxyl groups is 1. The van der Waals surface area contributed by atoms with E-state index in [2.05, 4.69) is 39.2 Å². The number of aliphatic hydroxyl groups is 15. The zero-order valence-corrected chi connectivity index (χ0v) is 72.9. The molecule has 2 aromatic rings. The second kappa shape index (κ2) is 59.2. The Hall–Kier alpha value is -7.11. The Morgan fingerprint density at radius 2 is 0.744 bits per heavy atom. The predicted molar refractivity (Wildman–Crippen MR) is 444 cm³/mol. The van der Waals surface area contributed by atoms with Gasteiger partial charge in [0.15, 0.2) is 31.5 Å². The molecule has 5 aliphatic rings. The number of benzene rings is 2. The third-order valence-corrected chi connectivity index (χ3v) is 22.1. The van der Waals surface area contributed by atoms with Crippen LogP contribution in [0.1, 0.15) is 155 Å². The minimum Gasteiger partial charge on any atom is -0.508 e. The number of hydrogen-bond donors (Lipinski definition) is 22. The van der Waals surface area contributed by atoms with Crippen molar-refractivity contribution >= 4 is 99.7 Å². The summed E-state index contributed by atoms with van der Waals surface area (Å²) in [5.41, 5.74) is 1.22. The van der Waals surface area contributed by atoms with Gasteiger partial charge in [0.1, 0.15) is 160 Å². The van der Waals surface area contributed by atoms with Crippen molar-refractivity contribution in [2.45, 2.75) is 304 Å². The molecule has 5 saturated heterocycles. The van der Waals surface area contributed by atoms with Crippen molar-refractivity contribution in [1.82, 2.24) is 26.6 Å². The number of nitrogens with one attached hydrogen (secondary N) is 5. The topological polar surface area (TPSA) is 656 Å². The van der Waals surface area contributed by atoms with Gasteiger partial charge in [-0.25, -0.2) is 4.79 Å². The highest BCUT2D eigenvalue weighted by atomic mass is 33.1. The highest BCUT2D eigenvalue weighted by Gasteiger charge is 2.50. The summed E-state index contributed by atoms with van der Waals surface area (Å²) < 4.78 is 57.3. The second-order valence-corrected chi connectivity index (χ2v) is 32.6. The molecule has 5 amide bonds. The molecule has 5 fully saturated rings. The normalized spacial score (nSPS) is 29.4. The molecule has 21 N–H and O–H groups in total. The van der Waals surface area contributed by atoms with Gasteiger partial charge in [0.05, 0.1) is 13.2 Å². The Morgan fingerprint density at radius 1 is 0.416 bits per heavy atom. The molecule has 5 heterocycles. The van der Waals surface area contributed by atoms with Gasteiger partial charge >= 0.3 is 29.8 Å². The van der Waals surface area contributed by atoms with Crippen LogP contribution in [-0.4, -0.2) is 345 Å². The summed E-state index contributed by atoms with van der Waals surface area (Å²) in [6.45, 7) is 8.42. The number of phenolic OH excluding ortho intramolecular Hbond substituents is 1. The van der Waals surface area contributed by atoms with Crippen LogP contribution in [-0.2, 0) is 102 Å². The molecule has 5 aliphatic heterocycles. The Balaban J connectivity index is 0.000000364. The SMILES string of the molecule is CCCC(=O)N[C@H]1C(O)O[C@H](COC(=O)/C=C/c2ccccc2OC(C)=O)[C@@H](O)[C@@H]1O.CCCC(=O)N[C@H]1C(O)O[C@H](COC(=O)CCCS)[C@@H](O)[C@@H]1O.CCCC(=O)N[C@H]1C(O)O[C@H](COC(=O)CCCSSCCCC(=O)OC[C@H]2OC(O)[C@H](NC(=O)CCC)[C@@H](O)[C@@H]2O)[C@@H](O)[C@@H]1O.CCCC(=O)N[C@H]1C(OCc2ccc(O)cc2)O[C@H](CO)[C@@H](O)[C@@H]1O. The molecule has 45 heteroatoms. The number of carbonyl (C=O) groups is 10. The maximum Gasteiger partial charge on any atom is 0.330 e. The number of rotatable bonds is 42. The van der Waals surface area contributed by atoms with Crippen molar-refractivity contribution in [2.24, 2.45) is 0 Å². The fraction of sp³-hybridized carbons (Fsp3) is 0.700. The fourth-order valence-electron chi connectivity index (χ4n) is 12.4. The summed E-state index contributed by atoms with van der Waals surface area (Å²) >= 11 is 3.98. The van der Waals surface area contributed by atoms with Crippen molar-refractivity contribution in [3.63, 3.8) is 0 Å². The van der Waals surface area contributed by atoms with E-state index in [0.29, 0.717) is 74.2 Å². The van der Waals surface area contributed by atoms with E-state index in [9.17, 15) is 130 Å². The van der Waals surface area contributed by atoms with Gasteiger partial charge in [0.2, 0.25) is 29.5 Å². The summed E-state index contributed by atoms with van der Waals surface area (Å²) in [5.74, 6) is -2.52. The lowest BCUT2D eigenvalue weighted by Crippen LogP contribution is -2.64. The maximum absolute atomic E-state index is 12.1. The molecule has 0 radical (unpaired) electrons. The molecule has 0 aromatic heterocycles. The van der Waals surface area contributed by atoms with Crippen LogP contribution < -0.4 is 31.3 Å². The number of esters is 5. The van der Waals surface area contributed by atoms with Gasteiger partial charge in [0.25, 0.3) is 0 Å². The van der Waals surface area contributed by atoms with Gasteiger partial charge in [0, 0.05) is 81.4 Å². The quantitative estimate of drug-likeness (QED) is 0.00597. The molecule has 0 bridgehead atoms. The minimum atomic E-state index is -1.59. The van der Waals surface area contributed by atoms with E-state index in [1.54, 1.807) is 57.2 Å². The number of thiol groups is 1. The first-order chi connectivity index (χ1) is 59.5. The van der Waals surface area contributed by atoms with E-state index in [1.807, 2.05) is 13.8 Å². The highest BCUT2D eigenvalue weighted by molar-refractivity contribution is 8.76. The average Bonchev–Trinajstić information content (AvgIpc) is 0.818. The molecular formula is C80H125N5O37S3. The van der Waals surface area contributed by atoms with Crippen LogP contribution >= 0.6 is 34.2 Å². The van der Waals surface area contributed by atoms with Crippen LogP contribution in [0, 0.1) is 0 Å². The molecule has 0 spiro atoms. The van der Waals surface area contributed by atoms with Crippen LogP contribution in [0.2, 0.25) is 0 Å². The zero-order valence-electron chi connectivity index (χ0n) is 70.4. The Morgan fingerprint density at radius 3 is 1.09 bits per heavy atom. The second-order valence-electron chi connectivity index (χ2n) is 29.4. The molecule has 25 atom stereocenters. The summed E-state index contributed by atoms with van der Waals surface area (Å²) in [7, 11) is 3.00. The molecule has 5 unspecified atom stereocenters. The third-order valence-electron chi connectivity index (χ3n) is 19.2. The summed E-state index contributed by atoms with van der Waals surface area (Å²) in [6.07, 6.45) is -19.0. The van der Waals surface area contributed by atoms with E-state index < -0.39 is 214 Å². The maximum atomic E-state index is 12.1. The number of hydrogen-bond acceptors (Lipinski definition) is 40. The zero-order chi connectivity index (χ0) is 93.0. The van der Waals surface area contributed by atoms with Gasteiger partial charge in [-0.1, -0.05) is 86.5 Å². The first kappa shape index (κ1) is 110. The van der Waals surface area contributed by atoms with Crippen molar-refractivity contribution in [2.75, 3.05) is 50.3 Å². The molecule has 710 valence electrons. The van der Waals surface area contributed by atoms with E-state index in [-0.39, 0.29) is 101 Å². The third kappa shape index (κ3) is 38.6. The van der Waals surface area contributed by atoms with E-state index in [4.69, 9.17) is 52.1 Å². The molecule has 2 aromatic carbocycles. The first-order valence-electron chi connectivity index (χ1n) is 41.2. The van der Waals surface area contributed by atoms with E-state index in [0.717, 1.165) is 11.6 Å². The molecule has 7 rings (SSSR count). The van der Waals surface area contributed by atoms with Crippen molar-refractivity contribution in [3.8, 4) is 11.5 Å². The van der Waals surface area contributed by atoms with Crippen LogP contribution in [0.4, 0.5) is 0 Å². The van der Waals surface area contributed by atoms with Crippen LogP contribution in [0.25, 0.3) is 6.08 Å². The number of aliphatic hydroxyl groups excluding tert-OH is 15. The first-order valence-corrected chi connectivity index (χ1v) is 44.3. The predicted octanol–water partition coefficient (Wildman–Crippen LogP) is -3.05. The minimum absolute atomic E-state index is 0.0911. The summed E-state index contributed by atoms with van der Waals surface area (Å²) in [6, 6.07) is 7.18.